The van der Waals surface area contributed by atoms with Gasteiger partial charge in [-0.05, 0) is 30.2 Å². The number of nitrogens with one attached hydrogen (secondary N) is 2. The van der Waals surface area contributed by atoms with E-state index in [4.69, 9.17) is 0 Å². The highest BCUT2D eigenvalue weighted by Gasteiger charge is 2.20. The Morgan fingerprint density at radius 3 is 2.97 bits per heavy atom. The molecule has 7 heteroatoms. The number of aromatic nitrogens is 2. The summed E-state index contributed by atoms with van der Waals surface area (Å²) in [6.07, 6.45) is 3.46. The summed E-state index contributed by atoms with van der Waals surface area (Å²) < 4.78 is 0. The second-order valence-corrected chi connectivity index (χ2v) is 8.22. The number of benzene rings is 2. The monoisotopic (exact) mass is 416 g/mol. The summed E-state index contributed by atoms with van der Waals surface area (Å²) in [5.41, 5.74) is 4.41. The molecule has 5 rings (SSSR count). The zero-order chi connectivity index (χ0) is 20.5. The SMILES string of the molecule is O=C(Nc1nc(-c2c[nH]c3ccccc23)cs1)c1cccc(CN2CCCC2=O)c1. The van der Waals surface area contributed by atoms with Crippen molar-refractivity contribution in [2.45, 2.75) is 19.4 Å². The van der Waals surface area contributed by atoms with Gasteiger partial charge in [0.05, 0.1) is 5.69 Å². The van der Waals surface area contributed by atoms with Gasteiger partial charge in [-0.25, -0.2) is 4.98 Å². The fourth-order valence-electron chi connectivity index (χ4n) is 3.81. The second-order valence-electron chi connectivity index (χ2n) is 7.36. The minimum atomic E-state index is -0.204. The van der Waals surface area contributed by atoms with Gasteiger partial charge in [0.25, 0.3) is 5.91 Å². The first-order chi connectivity index (χ1) is 14.7. The van der Waals surface area contributed by atoms with Crippen molar-refractivity contribution in [3.8, 4) is 11.3 Å². The van der Waals surface area contributed by atoms with Crippen LogP contribution in [-0.2, 0) is 11.3 Å². The molecule has 1 aliphatic rings. The van der Waals surface area contributed by atoms with Gasteiger partial charge < -0.3 is 9.88 Å². The normalized spacial score (nSPS) is 13.9. The summed E-state index contributed by atoms with van der Waals surface area (Å²) in [5.74, 6) is -0.0260. The van der Waals surface area contributed by atoms with Gasteiger partial charge in [0.1, 0.15) is 0 Å². The number of nitrogens with zero attached hydrogens (tertiary/aromatic N) is 2. The van der Waals surface area contributed by atoms with Gasteiger partial charge in [0.2, 0.25) is 5.91 Å². The largest absolute Gasteiger partial charge is 0.360 e. The quantitative estimate of drug-likeness (QED) is 0.496. The van der Waals surface area contributed by atoms with Gasteiger partial charge in [0.15, 0.2) is 5.13 Å². The van der Waals surface area contributed by atoms with Gasteiger partial charge in [-0.1, -0.05) is 30.3 Å². The van der Waals surface area contributed by atoms with Crippen molar-refractivity contribution in [2.75, 3.05) is 11.9 Å². The predicted molar refractivity (Wildman–Crippen MR) is 118 cm³/mol. The van der Waals surface area contributed by atoms with Crippen molar-refractivity contribution in [3.05, 3.63) is 71.2 Å². The average molecular weight is 417 g/mol. The van der Waals surface area contributed by atoms with Crippen LogP contribution in [0.4, 0.5) is 5.13 Å². The Labute approximate surface area is 177 Å². The summed E-state index contributed by atoms with van der Waals surface area (Å²) in [7, 11) is 0. The van der Waals surface area contributed by atoms with Crippen LogP contribution in [0.2, 0.25) is 0 Å². The van der Waals surface area contributed by atoms with Crippen LogP contribution in [0.15, 0.2) is 60.1 Å². The second kappa shape index (κ2) is 7.76. The van der Waals surface area contributed by atoms with E-state index in [0.717, 1.165) is 40.7 Å². The van der Waals surface area contributed by atoms with E-state index in [0.29, 0.717) is 23.7 Å². The van der Waals surface area contributed by atoms with Crippen molar-refractivity contribution < 1.29 is 9.59 Å². The summed E-state index contributed by atoms with van der Waals surface area (Å²) in [6.45, 7) is 1.33. The fourth-order valence-corrected chi connectivity index (χ4v) is 4.52. The lowest BCUT2D eigenvalue weighted by Gasteiger charge is -2.15. The van der Waals surface area contributed by atoms with E-state index >= 15 is 0 Å². The molecule has 30 heavy (non-hydrogen) atoms. The molecule has 1 fully saturated rings. The highest BCUT2D eigenvalue weighted by Crippen LogP contribution is 2.31. The lowest BCUT2D eigenvalue weighted by atomic mass is 10.1. The van der Waals surface area contributed by atoms with E-state index in [2.05, 4.69) is 21.4 Å². The third-order valence-electron chi connectivity index (χ3n) is 5.32. The van der Waals surface area contributed by atoms with Gasteiger partial charge in [-0.3, -0.25) is 14.9 Å². The molecule has 1 aliphatic heterocycles. The molecule has 6 nitrogen and oxygen atoms in total. The lowest BCUT2D eigenvalue weighted by Crippen LogP contribution is -2.24. The van der Waals surface area contributed by atoms with Crippen molar-refractivity contribution >= 4 is 39.2 Å². The Kier molecular flexibility index (Phi) is 4.80. The number of carbonyl (C=O) groups is 2. The van der Waals surface area contributed by atoms with Crippen molar-refractivity contribution in [2.24, 2.45) is 0 Å². The molecule has 0 bridgehead atoms. The molecule has 0 spiro atoms. The molecular weight excluding hydrogens is 396 g/mol. The summed E-state index contributed by atoms with van der Waals surface area (Å²) in [6, 6.07) is 15.5. The van der Waals surface area contributed by atoms with Crippen LogP contribution in [-0.4, -0.2) is 33.2 Å². The van der Waals surface area contributed by atoms with E-state index in [1.165, 1.54) is 11.3 Å². The number of fused-ring (bicyclic) bond motifs is 1. The van der Waals surface area contributed by atoms with Crippen LogP contribution < -0.4 is 5.32 Å². The van der Waals surface area contributed by atoms with Crippen LogP contribution in [0.5, 0.6) is 0 Å². The molecule has 2 amide bonds. The number of amides is 2. The van der Waals surface area contributed by atoms with Crippen LogP contribution >= 0.6 is 11.3 Å². The fraction of sp³-hybridized carbons (Fsp3) is 0.174. The molecule has 4 aromatic rings. The highest BCUT2D eigenvalue weighted by molar-refractivity contribution is 7.14. The van der Waals surface area contributed by atoms with Crippen LogP contribution in [0.1, 0.15) is 28.8 Å². The standard InChI is InChI=1S/C23H20N4O2S/c28-21-9-4-10-27(21)13-15-5-3-6-16(11-15)22(29)26-23-25-20(14-30-23)18-12-24-19-8-2-1-7-17(18)19/h1-3,5-8,11-12,14,24H,4,9-10,13H2,(H,25,26,29). The maximum atomic E-state index is 12.7. The molecule has 0 radical (unpaired) electrons. The minimum absolute atomic E-state index is 0.178. The number of rotatable bonds is 5. The van der Waals surface area contributed by atoms with E-state index < -0.39 is 0 Å². The average Bonchev–Trinajstić information content (AvgIpc) is 3.49. The number of para-hydroxylation sites is 1. The van der Waals surface area contributed by atoms with Crippen molar-refractivity contribution in [3.63, 3.8) is 0 Å². The molecule has 0 saturated carbocycles. The number of thiazole rings is 1. The predicted octanol–water partition coefficient (Wildman–Crippen LogP) is 4.67. The topological polar surface area (TPSA) is 78.1 Å². The Balaban J connectivity index is 1.31. The molecular formula is C23H20N4O2S. The lowest BCUT2D eigenvalue weighted by molar-refractivity contribution is -0.128. The Bertz CT molecular complexity index is 1240. The van der Waals surface area contributed by atoms with Crippen molar-refractivity contribution in [1.82, 2.24) is 14.9 Å². The number of hydrogen-bond acceptors (Lipinski definition) is 4. The van der Waals surface area contributed by atoms with Gasteiger partial charge in [0, 0.05) is 53.1 Å². The smallest absolute Gasteiger partial charge is 0.257 e. The van der Waals surface area contributed by atoms with E-state index in [1.54, 1.807) is 6.07 Å². The summed E-state index contributed by atoms with van der Waals surface area (Å²) in [5, 5.41) is 6.50. The molecule has 2 aromatic carbocycles. The first kappa shape index (κ1) is 18.6. The number of likely N-dealkylation sites (tertiary alicyclic amines) is 1. The maximum Gasteiger partial charge on any atom is 0.257 e. The zero-order valence-corrected chi connectivity index (χ0v) is 17.0. The van der Waals surface area contributed by atoms with Crippen LogP contribution in [0.25, 0.3) is 22.2 Å². The number of anilines is 1. The Morgan fingerprint density at radius 1 is 1.20 bits per heavy atom. The first-order valence-corrected chi connectivity index (χ1v) is 10.8. The number of aromatic amines is 1. The van der Waals surface area contributed by atoms with E-state index in [-0.39, 0.29) is 11.8 Å². The number of H-pyrrole nitrogens is 1. The van der Waals surface area contributed by atoms with Crippen LogP contribution in [0, 0.1) is 0 Å². The Hall–Kier alpha value is -3.45. The van der Waals surface area contributed by atoms with Gasteiger partial charge in [-0.15, -0.1) is 11.3 Å². The molecule has 2 N–H and O–H groups in total. The maximum absolute atomic E-state index is 12.7. The van der Waals surface area contributed by atoms with Crippen LogP contribution in [0.3, 0.4) is 0 Å². The van der Waals surface area contributed by atoms with E-state index in [1.807, 2.05) is 52.9 Å². The molecule has 0 unspecified atom stereocenters. The Morgan fingerprint density at radius 2 is 2.10 bits per heavy atom. The van der Waals surface area contributed by atoms with Crippen molar-refractivity contribution in [1.29, 1.82) is 0 Å². The molecule has 0 atom stereocenters. The molecule has 1 saturated heterocycles. The summed E-state index contributed by atoms with van der Waals surface area (Å²) >= 11 is 1.40. The van der Waals surface area contributed by atoms with E-state index in [9.17, 15) is 9.59 Å². The third kappa shape index (κ3) is 3.59. The number of hydrogen-bond donors (Lipinski definition) is 2. The van der Waals surface area contributed by atoms with Gasteiger partial charge >= 0.3 is 0 Å². The minimum Gasteiger partial charge on any atom is -0.360 e. The third-order valence-corrected chi connectivity index (χ3v) is 6.08. The first-order valence-electron chi connectivity index (χ1n) is 9.87. The molecule has 150 valence electrons. The number of carbonyl (C=O) groups excluding carboxylic acids is 2. The molecule has 3 heterocycles. The molecule has 0 aliphatic carbocycles. The highest BCUT2D eigenvalue weighted by atomic mass is 32.1. The summed E-state index contributed by atoms with van der Waals surface area (Å²) in [4.78, 5) is 34.3. The zero-order valence-electron chi connectivity index (χ0n) is 16.2. The molecule has 2 aromatic heterocycles. The van der Waals surface area contributed by atoms with Gasteiger partial charge in [-0.2, -0.15) is 0 Å².